The molecule has 1 amide bonds. The maximum atomic E-state index is 13.7. The molecule has 3 aromatic rings. The number of H-pyrrole nitrogens is 1. The van der Waals surface area contributed by atoms with Crippen molar-refractivity contribution in [3.8, 4) is 11.1 Å². The number of carbonyl (C=O) groups excluding carboxylic acids is 1. The van der Waals surface area contributed by atoms with Gasteiger partial charge in [-0.2, -0.15) is 0 Å². The molecule has 218 valence electrons. The van der Waals surface area contributed by atoms with Gasteiger partial charge in [0.1, 0.15) is 0 Å². The van der Waals surface area contributed by atoms with E-state index in [1.807, 2.05) is 26.0 Å². The molecular weight excluding hydrogens is 508 g/mol. The van der Waals surface area contributed by atoms with Crippen molar-refractivity contribution < 1.29 is 4.79 Å². The molecule has 2 aromatic carbocycles. The SMILES string of the molecule is Cc1cc(C)c(CNC(=O)c2cc(-c3ccc(CN4CCCCC4)cc3)cc(N(C)C3CCCCC3)c2C)c(=O)[nH]1. The Labute approximate surface area is 245 Å². The molecule has 2 fully saturated rings. The minimum atomic E-state index is -0.149. The lowest BCUT2D eigenvalue weighted by Gasteiger charge is -2.34. The molecule has 0 spiro atoms. The Morgan fingerprint density at radius 2 is 1.61 bits per heavy atom. The first-order chi connectivity index (χ1) is 19.8. The van der Waals surface area contributed by atoms with Crippen molar-refractivity contribution in [1.29, 1.82) is 0 Å². The van der Waals surface area contributed by atoms with E-state index in [1.54, 1.807) is 0 Å². The number of hydrogen-bond acceptors (Lipinski definition) is 4. The number of aryl methyl sites for hydroxylation is 2. The molecule has 1 aliphatic heterocycles. The maximum absolute atomic E-state index is 13.7. The van der Waals surface area contributed by atoms with Gasteiger partial charge in [0, 0.05) is 48.7 Å². The third kappa shape index (κ3) is 6.92. The number of rotatable bonds is 8. The quantitative estimate of drug-likeness (QED) is 0.327. The highest BCUT2D eigenvalue weighted by atomic mass is 16.1. The highest BCUT2D eigenvalue weighted by Gasteiger charge is 2.23. The van der Waals surface area contributed by atoms with Gasteiger partial charge in [0.05, 0.1) is 0 Å². The molecule has 0 radical (unpaired) electrons. The topological polar surface area (TPSA) is 68.4 Å². The molecule has 6 heteroatoms. The van der Waals surface area contributed by atoms with Gasteiger partial charge in [-0.05, 0) is 106 Å². The van der Waals surface area contributed by atoms with Crippen LogP contribution in [-0.2, 0) is 13.1 Å². The van der Waals surface area contributed by atoms with Crippen molar-refractivity contribution in [2.75, 3.05) is 25.0 Å². The molecule has 1 saturated carbocycles. The third-order valence-corrected chi connectivity index (χ3v) is 9.19. The molecule has 2 N–H and O–H groups in total. The van der Waals surface area contributed by atoms with E-state index >= 15 is 0 Å². The summed E-state index contributed by atoms with van der Waals surface area (Å²) in [7, 11) is 2.18. The molecule has 1 aromatic heterocycles. The van der Waals surface area contributed by atoms with Crippen molar-refractivity contribution in [2.24, 2.45) is 0 Å². The molecule has 6 nitrogen and oxygen atoms in total. The molecule has 2 aliphatic rings. The normalized spacial score (nSPS) is 16.5. The van der Waals surface area contributed by atoms with Crippen LogP contribution in [0.5, 0.6) is 0 Å². The average Bonchev–Trinajstić information content (AvgIpc) is 2.97. The zero-order valence-corrected chi connectivity index (χ0v) is 25.3. The standard InChI is InChI=1S/C35H46N4O2/c1-24-19-25(2)37-35(41)32(24)22-36-34(40)31-20-29(21-33(26(31)3)38(4)30-11-7-5-8-12-30)28-15-13-27(14-16-28)23-39-17-9-6-10-18-39/h13-16,19-21,30H,5-12,17-18,22-23H2,1-4H3,(H,36,40)(H,37,41). The summed E-state index contributed by atoms with van der Waals surface area (Å²) in [4.78, 5) is 34.1. The van der Waals surface area contributed by atoms with Crippen LogP contribution in [0.15, 0.2) is 47.3 Å². The van der Waals surface area contributed by atoms with Gasteiger partial charge < -0.3 is 15.2 Å². The van der Waals surface area contributed by atoms with Crippen molar-refractivity contribution in [1.82, 2.24) is 15.2 Å². The van der Waals surface area contributed by atoms with Crippen LogP contribution >= 0.6 is 0 Å². The van der Waals surface area contributed by atoms with E-state index in [0.717, 1.165) is 40.2 Å². The van der Waals surface area contributed by atoms with E-state index in [4.69, 9.17) is 0 Å². The van der Waals surface area contributed by atoms with Crippen LogP contribution in [0, 0.1) is 20.8 Å². The number of likely N-dealkylation sites (tertiary alicyclic amines) is 1. The second-order valence-corrected chi connectivity index (χ2v) is 12.2. The number of anilines is 1. The molecule has 2 heterocycles. The number of pyridine rings is 1. The molecule has 0 atom stereocenters. The highest BCUT2D eigenvalue weighted by Crippen LogP contribution is 2.34. The predicted molar refractivity (Wildman–Crippen MR) is 169 cm³/mol. The minimum absolute atomic E-state index is 0.143. The van der Waals surface area contributed by atoms with Crippen LogP contribution in [0.4, 0.5) is 5.69 Å². The van der Waals surface area contributed by atoms with Gasteiger partial charge in [-0.1, -0.05) is 49.9 Å². The number of aromatic amines is 1. The zero-order valence-electron chi connectivity index (χ0n) is 25.3. The van der Waals surface area contributed by atoms with Crippen LogP contribution in [-0.4, -0.2) is 42.0 Å². The van der Waals surface area contributed by atoms with Gasteiger partial charge >= 0.3 is 0 Å². The number of aromatic nitrogens is 1. The van der Waals surface area contributed by atoms with Crippen LogP contribution in [0.2, 0.25) is 0 Å². The summed E-state index contributed by atoms with van der Waals surface area (Å²) in [5, 5.41) is 3.05. The fourth-order valence-electron chi connectivity index (χ4n) is 6.68. The molecule has 0 unspecified atom stereocenters. The Bertz CT molecular complexity index is 1410. The van der Waals surface area contributed by atoms with Crippen LogP contribution < -0.4 is 15.8 Å². The number of carbonyl (C=O) groups is 1. The Morgan fingerprint density at radius 3 is 2.29 bits per heavy atom. The van der Waals surface area contributed by atoms with Gasteiger partial charge in [-0.15, -0.1) is 0 Å². The van der Waals surface area contributed by atoms with Crippen molar-refractivity contribution in [3.05, 3.63) is 86.3 Å². The van der Waals surface area contributed by atoms with E-state index in [9.17, 15) is 9.59 Å². The fraction of sp³-hybridized carbons (Fsp3) is 0.486. The first kappa shape index (κ1) is 29.1. The van der Waals surface area contributed by atoms with Crippen molar-refractivity contribution >= 4 is 11.6 Å². The van der Waals surface area contributed by atoms with E-state index in [2.05, 4.69) is 64.4 Å². The Balaban J connectivity index is 1.44. The average molecular weight is 555 g/mol. The lowest BCUT2D eigenvalue weighted by molar-refractivity contribution is 0.0950. The second kappa shape index (κ2) is 13.1. The third-order valence-electron chi connectivity index (χ3n) is 9.19. The van der Waals surface area contributed by atoms with Crippen LogP contribution in [0.1, 0.15) is 89.7 Å². The van der Waals surface area contributed by atoms with Crippen LogP contribution in [0.25, 0.3) is 11.1 Å². The molecule has 0 bridgehead atoms. The van der Waals surface area contributed by atoms with E-state index in [1.165, 1.54) is 70.0 Å². The van der Waals surface area contributed by atoms with E-state index in [-0.39, 0.29) is 18.0 Å². The van der Waals surface area contributed by atoms with Crippen molar-refractivity contribution in [3.63, 3.8) is 0 Å². The van der Waals surface area contributed by atoms with Gasteiger partial charge in [0.2, 0.25) is 0 Å². The Kier molecular flexibility index (Phi) is 9.29. The first-order valence-electron chi connectivity index (χ1n) is 15.5. The van der Waals surface area contributed by atoms with Crippen molar-refractivity contribution in [2.45, 2.75) is 91.3 Å². The summed E-state index contributed by atoms with van der Waals surface area (Å²) >= 11 is 0. The molecule has 1 aliphatic carbocycles. The fourth-order valence-corrected chi connectivity index (χ4v) is 6.68. The smallest absolute Gasteiger partial charge is 0.253 e. The van der Waals surface area contributed by atoms with Gasteiger partial charge in [-0.25, -0.2) is 0 Å². The number of benzene rings is 2. The Morgan fingerprint density at radius 1 is 0.927 bits per heavy atom. The summed E-state index contributed by atoms with van der Waals surface area (Å²) in [6, 6.07) is 15.6. The maximum Gasteiger partial charge on any atom is 0.253 e. The largest absolute Gasteiger partial charge is 0.371 e. The monoisotopic (exact) mass is 554 g/mol. The number of hydrogen-bond donors (Lipinski definition) is 2. The summed E-state index contributed by atoms with van der Waals surface area (Å²) in [5.41, 5.74) is 8.42. The van der Waals surface area contributed by atoms with Crippen LogP contribution in [0.3, 0.4) is 0 Å². The summed E-state index contributed by atoms with van der Waals surface area (Å²) < 4.78 is 0. The molecular formula is C35H46N4O2. The number of nitrogens with one attached hydrogen (secondary N) is 2. The molecule has 5 rings (SSSR count). The number of nitrogens with zero attached hydrogens (tertiary/aromatic N) is 2. The summed E-state index contributed by atoms with van der Waals surface area (Å²) in [5.74, 6) is -0.149. The second-order valence-electron chi connectivity index (χ2n) is 12.2. The number of piperidine rings is 1. The zero-order chi connectivity index (χ0) is 28.9. The summed E-state index contributed by atoms with van der Waals surface area (Å²) in [6.45, 7) is 9.40. The lowest BCUT2D eigenvalue weighted by Crippen LogP contribution is -2.34. The predicted octanol–water partition coefficient (Wildman–Crippen LogP) is 6.65. The first-order valence-corrected chi connectivity index (χ1v) is 15.5. The Hall–Kier alpha value is -3.38. The summed E-state index contributed by atoms with van der Waals surface area (Å²) in [6.07, 6.45) is 10.1. The molecule has 41 heavy (non-hydrogen) atoms. The van der Waals surface area contributed by atoms with Gasteiger partial charge in [0.15, 0.2) is 0 Å². The minimum Gasteiger partial charge on any atom is -0.371 e. The highest BCUT2D eigenvalue weighted by molar-refractivity contribution is 5.99. The number of amides is 1. The van der Waals surface area contributed by atoms with E-state index in [0.29, 0.717) is 17.2 Å². The van der Waals surface area contributed by atoms with Gasteiger partial charge in [0.25, 0.3) is 11.5 Å². The molecule has 1 saturated heterocycles. The lowest BCUT2D eigenvalue weighted by atomic mass is 9.92. The van der Waals surface area contributed by atoms with E-state index < -0.39 is 0 Å². The van der Waals surface area contributed by atoms with Gasteiger partial charge in [-0.3, -0.25) is 14.5 Å².